The summed E-state index contributed by atoms with van der Waals surface area (Å²) < 4.78 is 7.10. The molecule has 4 aromatic rings. The van der Waals surface area contributed by atoms with E-state index < -0.39 is 0 Å². The van der Waals surface area contributed by atoms with E-state index in [1.54, 1.807) is 11.6 Å². The molecule has 1 atom stereocenters. The zero-order valence-electron chi connectivity index (χ0n) is 18.6. The van der Waals surface area contributed by atoms with Gasteiger partial charge >= 0.3 is 0 Å². The van der Waals surface area contributed by atoms with Gasteiger partial charge in [0.05, 0.1) is 17.1 Å². The van der Waals surface area contributed by atoms with Crippen LogP contribution in [0.15, 0.2) is 70.0 Å². The SMILES string of the molecule is CC(c1nc(-c2ccccc2)no1)N1CCN(C(=O)c2cc(=O)n(C)c3ccccc23)CC1. The maximum absolute atomic E-state index is 13.3. The van der Waals surface area contributed by atoms with E-state index in [0.717, 1.165) is 16.5 Å². The molecule has 8 heteroatoms. The molecule has 1 aliphatic heterocycles. The van der Waals surface area contributed by atoms with Crippen LogP contribution in [0.4, 0.5) is 0 Å². The van der Waals surface area contributed by atoms with Crippen LogP contribution in [0.3, 0.4) is 0 Å². The second-order valence-electron chi connectivity index (χ2n) is 8.30. The maximum Gasteiger partial charge on any atom is 0.254 e. The average Bonchev–Trinajstić information content (AvgIpc) is 3.36. The average molecular weight is 444 g/mol. The monoisotopic (exact) mass is 443 g/mol. The third-order valence-electron chi connectivity index (χ3n) is 6.36. The normalized spacial score (nSPS) is 15.6. The van der Waals surface area contributed by atoms with E-state index in [9.17, 15) is 9.59 Å². The standard InChI is InChI=1S/C25H25N5O3/c1-17(24-26-23(27-33-24)18-8-4-3-5-9-18)29-12-14-30(15-13-29)25(32)20-16-22(31)28(2)21-11-7-6-10-19(20)21/h3-11,16-17H,12-15H2,1-2H3. The molecule has 1 aliphatic rings. The van der Waals surface area contributed by atoms with Crippen LogP contribution >= 0.6 is 0 Å². The zero-order valence-corrected chi connectivity index (χ0v) is 18.6. The van der Waals surface area contributed by atoms with Crippen molar-refractivity contribution in [3.8, 4) is 11.4 Å². The molecule has 33 heavy (non-hydrogen) atoms. The number of piperazine rings is 1. The number of amides is 1. The summed E-state index contributed by atoms with van der Waals surface area (Å²) >= 11 is 0. The smallest absolute Gasteiger partial charge is 0.254 e. The fourth-order valence-corrected chi connectivity index (χ4v) is 4.34. The summed E-state index contributed by atoms with van der Waals surface area (Å²) in [6.45, 7) is 4.52. The lowest BCUT2D eigenvalue weighted by Gasteiger charge is -2.37. The number of carbonyl (C=O) groups is 1. The van der Waals surface area contributed by atoms with E-state index in [2.05, 4.69) is 15.0 Å². The Morgan fingerprint density at radius 1 is 1.00 bits per heavy atom. The first-order valence-corrected chi connectivity index (χ1v) is 11.0. The second-order valence-corrected chi connectivity index (χ2v) is 8.30. The molecule has 1 amide bonds. The Labute approximate surface area is 191 Å². The molecule has 1 saturated heterocycles. The predicted molar refractivity (Wildman–Crippen MR) is 125 cm³/mol. The fourth-order valence-electron chi connectivity index (χ4n) is 4.34. The van der Waals surface area contributed by atoms with Gasteiger partial charge in [-0.2, -0.15) is 4.98 Å². The minimum absolute atomic E-state index is 0.0583. The first kappa shape index (κ1) is 21.1. The molecular weight excluding hydrogens is 418 g/mol. The van der Waals surface area contributed by atoms with Gasteiger partial charge in [0, 0.05) is 50.2 Å². The molecule has 0 spiro atoms. The van der Waals surface area contributed by atoms with Gasteiger partial charge in [-0.1, -0.05) is 53.7 Å². The van der Waals surface area contributed by atoms with Crippen LogP contribution in [0.25, 0.3) is 22.3 Å². The summed E-state index contributed by atoms with van der Waals surface area (Å²) in [4.78, 5) is 34.3. The van der Waals surface area contributed by atoms with Crippen molar-refractivity contribution in [3.05, 3.63) is 82.5 Å². The summed E-state index contributed by atoms with van der Waals surface area (Å²) in [7, 11) is 1.72. The van der Waals surface area contributed by atoms with Crippen LogP contribution in [0.1, 0.15) is 29.2 Å². The Bertz CT molecular complexity index is 1350. The Kier molecular flexibility index (Phi) is 5.51. The number of nitrogens with zero attached hydrogens (tertiary/aromatic N) is 5. The number of aryl methyl sites for hydroxylation is 1. The third-order valence-corrected chi connectivity index (χ3v) is 6.36. The first-order chi connectivity index (χ1) is 16.0. The summed E-state index contributed by atoms with van der Waals surface area (Å²) in [6.07, 6.45) is 0. The highest BCUT2D eigenvalue weighted by molar-refractivity contribution is 6.06. The van der Waals surface area contributed by atoms with Crippen LogP contribution in [0.2, 0.25) is 0 Å². The Morgan fingerprint density at radius 3 is 2.45 bits per heavy atom. The van der Waals surface area contributed by atoms with E-state index in [1.807, 2.05) is 66.4 Å². The molecule has 0 radical (unpaired) electrons. The van der Waals surface area contributed by atoms with Crippen molar-refractivity contribution in [1.29, 1.82) is 0 Å². The Hall–Kier alpha value is -3.78. The fraction of sp³-hybridized carbons (Fsp3) is 0.280. The molecule has 1 fully saturated rings. The van der Waals surface area contributed by atoms with Crippen LogP contribution in [-0.2, 0) is 7.05 Å². The number of rotatable bonds is 4. The highest BCUT2D eigenvalue weighted by Crippen LogP contribution is 2.24. The molecule has 0 N–H and O–H groups in total. The minimum atomic E-state index is -0.185. The number of fused-ring (bicyclic) bond motifs is 1. The number of aromatic nitrogens is 3. The van der Waals surface area contributed by atoms with E-state index >= 15 is 0 Å². The van der Waals surface area contributed by atoms with Gasteiger partial charge in [-0.05, 0) is 13.0 Å². The molecule has 5 rings (SSSR count). The van der Waals surface area contributed by atoms with Gasteiger partial charge in [-0.3, -0.25) is 14.5 Å². The highest BCUT2D eigenvalue weighted by Gasteiger charge is 2.29. The van der Waals surface area contributed by atoms with Crippen molar-refractivity contribution in [1.82, 2.24) is 24.5 Å². The number of hydrogen-bond donors (Lipinski definition) is 0. The van der Waals surface area contributed by atoms with Gasteiger partial charge in [0.25, 0.3) is 11.5 Å². The van der Waals surface area contributed by atoms with Crippen LogP contribution in [0, 0.1) is 0 Å². The summed E-state index contributed by atoms with van der Waals surface area (Å²) in [5.74, 6) is 1.02. The second kappa shape index (κ2) is 8.63. The van der Waals surface area contributed by atoms with E-state index in [-0.39, 0.29) is 17.5 Å². The van der Waals surface area contributed by atoms with Gasteiger partial charge in [-0.15, -0.1) is 0 Å². The lowest BCUT2D eigenvalue weighted by molar-refractivity contribution is 0.0553. The topological polar surface area (TPSA) is 84.5 Å². The first-order valence-electron chi connectivity index (χ1n) is 11.0. The van der Waals surface area contributed by atoms with Crippen LogP contribution in [0.5, 0.6) is 0 Å². The molecule has 0 bridgehead atoms. The summed E-state index contributed by atoms with van der Waals surface area (Å²) in [5, 5.41) is 4.91. The Morgan fingerprint density at radius 2 is 1.70 bits per heavy atom. The third kappa shape index (κ3) is 3.93. The van der Waals surface area contributed by atoms with Crippen molar-refractivity contribution in [3.63, 3.8) is 0 Å². The van der Waals surface area contributed by atoms with Crippen molar-refractivity contribution >= 4 is 16.8 Å². The number of carbonyl (C=O) groups excluding carboxylic acids is 1. The number of benzene rings is 2. The molecule has 0 saturated carbocycles. The van der Waals surface area contributed by atoms with Gasteiger partial charge in [0.2, 0.25) is 11.7 Å². The van der Waals surface area contributed by atoms with Crippen molar-refractivity contribution < 1.29 is 9.32 Å². The number of para-hydroxylation sites is 1. The molecule has 168 valence electrons. The maximum atomic E-state index is 13.3. The molecular formula is C25H25N5O3. The van der Waals surface area contributed by atoms with Gasteiger partial charge < -0.3 is 14.0 Å². The molecule has 2 aromatic heterocycles. The lowest BCUT2D eigenvalue weighted by atomic mass is 10.1. The van der Waals surface area contributed by atoms with Gasteiger partial charge in [0.1, 0.15) is 0 Å². The van der Waals surface area contributed by atoms with Crippen LogP contribution < -0.4 is 5.56 Å². The molecule has 1 unspecified atom stereocenters. The zero-order chi connectivity index (χ0) is 22.9. The number of pyridine rings is 1. The van der Waals surface area contributed by atoms with Gasteiger partial charge in [-0.25, -0.2) is 0 Å². The summed E-state index contributed by atoms with van der Waals surface area (Å²) in [6, 6.07) is 18.6. The quantitative estimate of drug-likeness (QED) is 0.482. The van der Waals surface area contributed by atoms with E-state index in [4.69, 9.17) is 4.52 Å². The molecule has 3 heterocycles. The largest absolute Gasteiger partial charge is 0.337 e. The van der Waals surface area contributed by atoms with Crippen LogP contribution in [-0.4, -0.2) is 56.6 Å². The Balaban J connectivity index is 1.29. The molecule has 0 aliphatic carbocycles. The summed E-state index contributed by atoms with van der Waals surface area (Å²) in [5.41, 5.74) is 1.94. The van der Waals surface area contributed by atoms with E-state index in [0.29, 0.717) is 43.5 Å². The highest BCUT2D eigenvalue weighted by atomic mass is 16.5. The predicted octanol–water partition coefficient (Wildman–Crippen LogP) is 3.11. The van der Waals surface area contributed by atoms with Crippen molar-refractivity contribution in [2.24, 2.45) is 7.05 Å². The van der Waals surface area contributed by atoms with E-state index in [1.165, 1.54) is 6.07 Å². The van der Waals surface area contributed by atoms with Crippen molar-refractivity contribution in [2.75, 3.05) is 26.2 Å². The molecule has 2 aromatic carbocycles. The van der Waals surface area contributed by atoms with Gasteiger partial charge in [0.15, 0.2) is 0 Å². The van der Waals surface area contributed by atoms with Crippen molar-refractivity contribution in [2.45, 2.75) is 13.0 Å². The minimum Gasteiger partial charge on any atom is -0.337 e. The number of hydrogen-bond acceptors (Lipinski definition) is 6. The molecule has 8 nitrogen and oxygen atoms in total. The lowest BCUT2D eigenvalue weighted by Crippen LogP contribution is -2.49.